The van der Waals surface area contributed by atoms with E-state index in [0.29, 0.717) is 32.2 Å². The van der Waals surface area contributed by atoms with E-state index in [9.17, 15) is 14.4 Å². The summed E-state index contributed by atoms with van der Waals surface area (Å²) in [5, 5.41) is 4.37. The monoisotopic (exact) mass is 799 g/mol. The van der Waals surface area contributed by atoms with Crippen molar-refractivity contribution in [2.24, 2.45) is 11.3 Å². The molecule has 4 aromatic rings. The molecule has 1 saturated carbocycles. The van der Waals surface area contributed by atoms with Gasteiger partial charge in [0.1, 0.15) is 5.37 Å². The van der Waals surface area contributed by atoms with Crippen LogP contribution in [0.1, 0.15) is 82.2 Å². The zero-order valence-electron chi connectivity index (χ0n) is 31.9. The predicted molar refractivity (Wildman–Crippen MR) is 212 cm³/mol. The highest BCUT2D eigenvalue weighted by molar-refractivity contribution is 8.03. The van der Waals surface area contributed by atoms with Crippen molar-refractivity contribution < 1.29 is 28.2 Å². The molecule has 1 amide bonds. The summed E-state index contributed by atoms with van der Waals surface area (Å²) >= 11 is 2.96. The molecular weight excluding hydrogens is 754 g/mol. The maximum absolute atomic E-state index is 15.7. The molecule has 3 saturated heterocycles. The molecule has 288 valence electrons. The van der Waals surface area contributed by atoms with E-state index in [4.69, 9.17) is 19.4 Å². The minimum absolute atomic E-state index is 0.00960. The van der Waals surface area contributed by atoms with Gasteiger partial charge in [-0.25, -0.2) is 9.37 Å². The highest BCUT2D eigenvalue weighted by Crippen LogP contribution is 2.65. The smallest absolute Gasteiger partial charge is 0.311 e. The number of hydrogen-bond donors (Lipinski definition) is 0. The van der Waals surface area contributed by atoms with Crippen LogP contribution in [0.3, 0.4) is 0 Å². The molecule has 1 aliphatic carbocycles. The SMILES string of the molecule is CCn1c(-c2cccnc2[C@H](C)OC)c2c3cc(ccc31)-c1csc(n1)CC1([Si]C1C(=O)C1(F)CCC1)C(=O)N1CCC[C@@H](C(=O)OCC(C)(C)C2)C2SN21. The van der Waals surface area contributed by atoms with Crippen LogP contribution >= 0.6 is 23.3 Å². The summed E-state index contributed by atoms with van der Waals surface area (Å²) in [5.74, 6) is -1.21. The number of aromatic nitrogens is 3. The first-order valence-corrected chi connectivity index (χ1v) is 22.2. The highest BCUT2D eigenvalue weighted by Gasteiger charge is 2.70. The predicted octanol–water partition coefficient (Wildman–Crippen LogP) is 7.79. The molecule has 10 nitrogen and oxygen atoms in total. The summed E-state index contributed by atoms with van der Waals surface area (Å²) in [6.07, 6.45) is 4.85. The number of ether oxygens (including phenoxy) is 2. The third-order valence-electron chi connectivity index (χ3n) is 12.3. The number of ketones is 1. The lowest BCUT2D eigenvalue weighted by Crippen LogP contribution is -2.44. The molecule has 6 atom stereocenters. The van der Waals surface area contributed by atoms with Gasteiger partial charge in [-0.05, 0) is 94.1 Å². The van der Waals surface area contributed by atoms with Crippen LogP contribution in [0.25, 0.3) is 33.4 Å². The van der Waals surface area contributed by atoms with Crippen LogP contribution < -0.4 is 0 Å². The number of hydrazine groups is 1. The van der Waals surface area contributed by atoms with Crippen molar-refractivity contribution >= 4 is 61.4 Å². The van der Waals surface area contributed by atoms with E-state index in [-0.39, 0.29) is 58.7 Å². The fourth-order valence-electron chi connectivity index (χ4n) is 8.89. The van der Waals surface area contributed by atoms with Crippen LogP contribution in [0.4, 0.5) is 4.39 Å². The van der Waals surface area contributed by atoms with E-state index in [1.54, 1.807) is 18.3 Å². The van der Waals surface area contributed by atoms with E-state index in [0.717, 1.165) is 56.2 Å². The number of nitrogens with zero attached hydrogens (tertiary/aromatic N) is 5. The second-order valence-electron chi connectivity index (χ2n) is 16.6. The topological polar surface area (TPSA) is 107 Å². The molecule has 1 spiro atoms. The van der Waals surface area contributed by atoms with Crippen LogP contribution in [-0.4, -0.2) is 82.4 Å². The van der Waals surface area contributed by atoms with Crippen molar-refractivity contribution in [2.45, 2.75) is 107 Å². The summed E-state index contributed by atoms with van der Waals surface area (Å²) in [6, 6.07) is 10.5. The Morgan fingerprint density at radius 2 is 2.00 bits per heavy atom. The lowest BCUT2D eigenvalue weighted by atomic mass is 9.76. The van der Waals surface area contributed by atoms with Crippen molar-refractivity contribution in [1.82, 2.24) is 24.0 Å². The maximum atomic E-state index is 15.7. The molecule has 0 N–H and O–H groups in total. The van der Waals surface area contributed by atoms with Gasteiger partial charge in [0, 0.05) is 71.2 Å². The van der Waals surface area contributed by atoms with Crippen LogP contribution in [0.5, 0.6) is 0 Å². The van der Waals surface area contributed by atoms with Gasteiger partial charge in [-0.1, -0.05) is 19.9 Å². The van der Waals surface area contributed by atoms with Crippen LogP contribution in [0, 0.1) is 11.3 Å². The van der Waals surface area contributed by atoms with E-state index in [1.807, 2.05) is 22.8 Å². The van der Waals surface area contributed by atoms with Crippen LogP contribution in [0.15, 0.2) is 41.9 Å². The standard InChI is InChI=1S/C41H46FN5O5S2Si/c1-6-45-30-13-12-24-18-27(30)28(33(45)25-10-7-16-43-32(25)23(2)51-5)19-39(3,4)22-52-37(49)26-11-8-17-46(47-36(26)54-47)38(50)41(20-31-44-29(24)21-53-31)35(55-41)34(48)40(42)14-9-15-40/h7,10,12-13,16,18,21,23,26,35-36H,6,8-9,11,14-15,17,19-20,22H2,1-5H3/t23-,26+,35?,36?,41?,47?/m0/s1. The Hall–Kier alpha value is -3.43. The molecule has 14 heteroatoms. The van der Waals surface area contributed by atoms with Crippen molar-refractivity contribution in [3.63, 3.8) is 0 Å². The fourth-order valence-corrected chi connectivity index (χ4v) is 12.7. The summed E-state index contributed by atoms with van der Waals surface area (Å²) < 4.78 is 31.9. The number of fused-ring (bicyclic) bond motifs is 4. The zero-order chi connectivity index (χ0) is 38.4. The Morgan fingerprint density at radius 1 is 1.18 bits per heavy atom. The molecule has 4 fully saturated rings. The van der Waals surface area contributed by atoms with Gasteiger partial charge in [-0.2, -0.15) is 0 Å². The Bertz CT molecular complexity index is 2220. The van der Waals surface area contributed by atoms with E-state index >= 15 is 4.39 Å². The lowest BCUT2D eigenvalue weighted by molar-refractivity contribution is -0.153. The number of carbonyl (C=O) groups is 3. The van der Waals surface area contributed by atoms with E-state index in [1.165, 1.54) is 23.3 Å². The van der Waals surface area contributed by atoms with Crippen molar-refractivity contribution in [3.8, 4) is 22.5 Å². The van der Waals surface area contributed by atoms with Crippen molar-refractivity contribution in [1.29, 1.82) is 0 Å². The number of Topliss-reactive ketones (excluding diaryl/α,β-unsaturated/α-hetero) is 1. The maximum Gasteiger partial charge on any atom is 0.311 e. The lowest BCUT2D eigenvalue weighted by Gasteiger charge is -2.34. The third kappa shape index (κ3) is 6.21. The number of methoxy groups -OCH3 is 1. The van der Waals surface area contributed by atoms with Gasteiger partial charge in [0.15, 0.2) is 11.5 Å². The molecule has 7 heterocycles. The summed E-state index contributed by atoms with van der Waals surface area (Å²) in [5.41, 5.74) is 3.97. The zero-order valence-corrected chi connectivity index (χ0v) is 34.5. The molecule has 9 rings (SSSR count). The second kappa shape index (κ2) is 13.6. The summed E-state index contributed by atoms with van der Waals surface area (Å²) in [7, 11) is 1.69. The number of halogens is 1. The molecule has 4 aliphatic heterocycles. The Labute approximate surface area is 331 Å². The van der Waals surface area contributed by atoms with Crippen LogP contribution in [0.2, 0.25) is 10.6 Å². The fraction of sp³-hybridized carbons (Fsp3) is 0.537. The molecule has 2 radical (unpaired) electrons. The number of cyclic esters (lactones) is 1. The quantitative estimate of drug-likeness (QED) is 0.0837. The molecule has 3 aromatic heterocycles. The number of aryl methyl sites for hydroxylation is 1. The van der Waals surface area contributed by atoms with Crippen LogP contribution in [-0.2, 0) is 43.2 Å². The largest absolute Gasteiger partial charge is 0.465 e. The number of benzene rings is 1. The number of carbonyl (C=O) groups excluding carboxylic acids is 3. The minimum Gasteiger partial charge on any atom is -0.465 e. The van der Waals surface area contributed by atoms with Gasteiger partial charge in [0.05, 0.1) is 55.3 Å². The van der Waals surface area contributed by atoms with Gasteiger partial charge in [-0.15, -0.1) is 15.8 Å². The van der Waals surface area contributed by atoms with Crippen molar-refractivity contribution in [3.05, 3.63) is 58.2 Å². The van der Waals surface area contributed by atoms with Gasteiger partial charge in [0.2, 0.25) is 5.91 Å². The number of rotatable bonds is 6. The van der Waals surface area contributed by atoms with E-state index in [2.05, 4.69) is 49.6 Å². The molecule has 6 bridgehead atoms. The molecule has 55 heavy (non-hydrogen) atoms. The Morgan fingerprint density at radius 3 is 2.75 bits per heavy atom. The Balaban J connectivity index is 1.18. The number of thiazole rings is 1. The second-order valence-corrected chi connectivity index (χ2v) is 20.3. The van der Waals surface area contributed by atoms with Crippen molar-refractivity contribution in [2.75, 3.05) is 20.3 Å². The first-order valence-electron chi connectivity index (χ1n) is 19.4. The number of amides is 1. The average Bonchev–Trinajstić information content (AvgIpc) is 4.04. The average molecular weight is 800 g/mol. The molecule has 5 aliphatic rings. The summed E-state index contributed by atoms with van der Waals surface area (Å²) in [6.45, 7) is 9.83. The van der Waals surface area contributed by atoms with Gasteiger partial charge < -0.3 is 14.0 Å². The van der Waals surface area contributed by atoms with E-state index < -0.39 is 33.4 Å². The van der Waals surface area contributed by atoms with Gasteiger partial charge >= 0.3 is 5.97 Å². The third-order valence-corrected chi connectivity index (χ3v) is 16.2. The molecular formula is C41H46FN5O5S2Si. The molecule has 1 aromatic carbocycles. The first-order chi connectivity index (χ1) is 26.4. The Kier molecular flexibility index (Phi) is 9.19. The van der Waals surface area contributed by atoms with Gasteiger partial charge in [-0.3, -0.25) is 24.4 Å². The number of alkyl halides is 1. The molecule has 4 unspecified atom stereocenters. The minimum atomic E-state index is -1.84. The highest BCUT2D eigenvalue weighted by atomic mass is 32.2. The number of esters is 1. The normalized spacial score (nSPS) is 28.8. The van der Waals surface area contributed by atoms with Gasteiger partial charge in [0.25, 0.3) is 0 Å². The summed E-state index contributed by atoms with van der Waals surface area (Å²) in [4.78, 5) is 52.2. The first kappa shape index (κ1) is 37.2. The number of pyridine rings is 1. The number of hydrogen-bond acceptors (Lipinski definition) is 10.